The number of fused-ring (bicyclic) bond motifs is 1. The van der Waals surface area contributed by atoms with E-state index in [1.54, 1.807) is 4.99 Å². The Balaban J connectivity index is 1.44. The molecule has 0 radical (unpaired) electrons. The lowest BCUT2D eigenvalue weighted by atomic mass is 10.1. The van der Waals surface area contributed by atoms with Crippen molar-refractivity contribution in [3.05, 3.63) is 27.0 Å². The molecule has 0 N–H and O–H groups in total. The molecule has 4 aliphatic rings. The second-order valence-corrected chi connectivity index (χ2v) is 7.27. The van der Waals surface area contributed by atoms with Crippen LogP contribution in [0.3, 0.4) is 0 Å². The van der Waals surface area contributed by atoms with Crippen LogP contribution in [0.25, 0.3) is 0 Å². The Morgan fingerprint density at radius 2 is 2.10 bits per heavy atom. The quantitative estimate of drug-likeness (QED) is 0.532. The maximum Gasteiger partial charge on any atom is 0.132 e. The van der Waals surface area contributed by atoms with Crippen molar-refractivity contribution < 1.29 is 14.2 Å². The van der Waals surface area contributed by atoms with Crippen LogP contribution in [0.1, 0.15) is 19.8 Å². The molecule has 3 heterocycles. The minimum Gasteiger partial charge on any atom is -0.490 e. The predicted octanol–water partition coefficient (Wildman–Crippen LogP) is 3.64. The Kier molecular flexibility index (Phi) is 3.39. The van der Waals surface area contributed by atoms with Crippen molar-refractivity contribution in [3.63, 3.8) is 0 Å². The van der Waals surface area contributed by atoms with Gasteiger partial charge in [-0.15, -0.1) is 5.73 Å². The summed E-state index contributed by atoms with van der Waals surface area (Å²) in [5.41, 5.74) is 3.01. The lowest BCUT2D eigenvalue weighted by molar-refractivity contribution is 0.0615. The lowest BCUT2D eigenvalue weighted by Gasteiger charge is -2.09. The van der Waals surface area contributed by atoms with E-state index in [1.165, 1.54) is 6.42 Å². The van der Waals surface area contributed by atoms with Gasteiger partial charge in [-0.3, -0.25) is 0 Å². The van der Waals surface area contributed by atoms with Gasteiger partial charge < -0.3 is 14.2 Å². The molecule has 2 saturated heterocycles. The number of hydrogen-bond donors (Lipinski definition) is 0. The first-order valence-corrected chi connectivity index (χ1v) is 8.78. The molecule has 3 aliphatic heterocycles. The highest BCUT2D eigenvalue weighted by molar-refractivity contribution is 9.11. The van der Waals surface area contributed by atoms with E-state index in [9.17, 15) is 0 Å². The van der Waals surface area contributed by atoms with Gasteiger partial charge in [-0.05, 0) is 41.3 Å². The van der Waals surface area contributed by atoms with Crippen molar-refractivity contribution >= 4 is 31.9 Å². The summed E-state index contributed by atoms with van der Waals surface area (Å²) < 4.78 is 18.9. The molecule has 0 aromatic heterocycles. The van der Waals surface area contributed by atoms with Gasteiger partial charge in [-0.25, -0.2) is 0 Å². The number of hydrogen-bond acceptors (Lipinski definition) is 3. The van der Waals surface area contributed by atoms with Crippen LogP contribution in [0.2, 0.25) is 0 Å². The third-order valence-corrected chi connectivity index (χ3v) is 5.70. The first-order chi connectivity index (χ1) is 9.69. The number of ether oxygens (including phenoxy) is 3. The summed E-state index contributed by atoms with van der Waals surface area (Å²) in [6.45, 7) is 2.14. The zero-order valence-electron chi connectivity index (χ0n) is 11.1. The molecule has 7 atom stereocenters. The zero-order chi connectivity index (χ0) is 13.9. The molecule has 0 amide bonds. The summed E-state index contributed by atoms with van der Waals surface area (Å²) in [6.07, 6.45) is 5.22. The third-order valence-electron chi connectivity index (χ3n) is 4.59. The van der Waals surface area contributed by atoms with Crippen LogP contribution in [0.5, 0.6) is 0 Å². The number of epoxide rings is 1. The van der Waals surface area contributed by atoms with Gasteiger partial charge in [-0.1, -0.05) is 15.9 Å². The van der Waals surface area contributed by atoms with Gasteiger partial charge in [0, 0.05) is 17.3 Å². The molecule has 5 heteroatoms. The Labute approximate surface area is 135 Å². The molecule has 20 heavy (non-hydrogen) atoms. The maximum atomic E-state index is 6.16. The topological polar surface area (TPSA) is 31.0 Å². The molecule has 0 spiro atoms. The first-order valence-electron chi connectivity index (χ1n) is 7.07. The minimum absolute atomic E-state index is 0.0576. The van der Waals surface area contributed by atoms with E-state index in [-0.39, 0.29) is 18.3 Å². The van der Waals surface area contributed by atoms with Gasteiger partial charge in [0.2, 0.25) is 0 Å². The minimum atomic E-state index is 0.0576. The summed E-state index contributed by atoms with van der Waals surface area (Å²) in [7, 11) is 0. The lowest BCUT2D eigenvalue weighted by Crippen LogP contribution is -2.16. The average Bonchev–Trinajstić information content (AvgIpc) is 3.28. The Morgan fingerprint density at radius 3 is 2.75 bits per heavy atom. The van der Waals surface area contributed by atoms with Crippen LogP contribution in [0.15, 0.2) is 27.0 Å². The van der Waals surface area contributed by atoms with Gasteiger partial charge in [0.25, 0.3) is 0 Å². The first kappa shape index (κ1) is 13.6. The molecular weight excluding hydrogens is 388 g/mol. The van der Waals surface area contributed by atoms with Crippen LogP contribution in [-0.4, -0.2) is 30.5 Å². The summed E-state index contributed by atoms with van der Waals surface area (Å²) in [6, 6.07) is 0. The second kappa shape index (κ2) is 4.99. The van der Waals surface area contributed by atoms with Gasteiger partial charge >= 0.3 is 0 Å². The fourth-order valence-corrected chi connectivity index (χ4v) is 4.37. The summed E-state index contributed by atoms with van der Waals surface area (Å²) in [5.74, 6) is 2.30. The van der Waals surface area contributed by atoms with Gasteiger partial charge in [0.15, 0.2) is 0 Å². The fourth-order valence-electron chi connectivity index (χ4n) is 3.42. The molecule has 3 nitrogen and oxygen atoms in total. The van der Waals surface area contributed by atoms with Crippen molar-refractivity contribution in [3.8, 4) is 0 Å². The van der Waals surface area contributed by atoms with Crippen molar-refractivity contribution in [2.24, 2.45) is 11.8 Å². The molecule has 3 fully saturated rings. The van der Waals surface area contributed by atoms with Crippen LogP contribution < -0.4 is 0 Å². The molecule has 0 bridgehead atoms. The highest BCUT2D eigenvalue weighted by Crippen LogP contribution is 2.57. The number of allylic oxidation sites excluding steroid dienone is 1. The summed E-state index contributed by atoms with van der Waals surface area (Å²) in [4.78, 5) is 1.72. The molecule has 0 aromatic carbocycles. The van der Waals surface area contributed by atoms with Gasteiger partial charge in [0.1, 0.15) is 18.0 Å². The van der Waals surface area contributed by atoms with E-state index in [2.05, 4.69) is 44.5 Å². The Hall–Kier alpha value is -0.0600. The molecule has 1 aliphatic carbocycles. The van der Waals surface area contributed by atoms with Crippen LogP contribution in [0, 0.1) is 11.8 Å². The molecule has 0 aromatic rings. The normalized spacial score (nSPS) is 48.5. The highest BCUT2D eigenvalue weighted by atomic mass is 79.9. The van der Waals surface area contributed by atoms with Crippen molar-refractivity contribution in [1.29, 1.82) is 0 Å². The highest BCUT2D eigenvalue weighted by Gasteiger charge is 2.58. The smallest absolute Gasteiger partial charge is 0.132 e. The van der Waals surface area contributed by atoms with E-state index < -0.39 is 0 Å². The standard InChI is InChI=1S/C15H16Br2O3/c1-7-13(18-7)9-6-10(9)14-12(17)15-11(20-14)5-8(19-15)3-2-4-16/h3-4,7-11,13,15H,5-6H2,1H3/t2?,7-,8-,9?,10+,11-,13+,15+/m1/s1. The SMILES string of the molecule is C[C@H]1O[C@@H]1C1C[C@@H]1C1=C(Br)[C@H]2O[C@H](C=C=CBr)C[C@H]2O1. The van der Waals surface area contributed by atoms with Gasteiger partial charge in [0.05, 0.1) is 22.8 Å². The van der Waals surface area contributed by atoms with E-state index in [0.717, 1.165) is 16.7 Å². The molecular formula is C15H16Br2O3. The molecule has 1 unspecified atom stereocenters. The number of rotatable bonds is 3. The molecule has 1 saturated carbocycles. The van der Waals surface area contributed by atoms with E-state index >= 15 is 0 Å². The maximum absolute atomic E-state index is 6.16. The monoisotopic (exact) mass is 402 g/mol. The van der Waals surface area contributed by atoms with Gasteiger partial charge in [-0.2, -0.15) is 0 Å². The summed E-state index contributed by atoms with van der Waals surface area (Å²) in [5, 5.41) is 0. The van der Waals surface area contributed by atoms with Crippen LogP contribution >= 0.6 is 31.9 Å². The molecule has 4 rings (SSSR count). The Bertz CT molecular complexity index is 523. The number of halogens is 2. The van der Waals surface area contributed by atoms with E-state index in [0.29, 0.717) is 24.0 Å². The second-order valence-electron chi connectivity index (χ2n) is 5.95. The fraction of sp³-hybridized carbons (Fsp3) is 0.667. The average molecular weight is 404 g/mol. The van der Waals surface area contributed by atoms with Crippen LogP contribution in [-0.2, 0) is 14.2 Å². The van der Waals surface area contributed by atoms with Crippen molar-refractivity contribution in [2.75, 3.05) is 0 Å². The van der Waals surface area contributed by atoms with E-state index in [1.807, 2.05) is 6.08 Å². The van der Waals surface area contributed by atoms with Crippen molar-refractivity contribution in [2.45, 2.75) is 50.3 Å². The van der Waals surface area contributed by atoms with Crippen LogP contribution in [0.4, 0.5) is 0 Å². The zero-order valence-corrected chi connectivity index (χ0v) is 14.3. The largest absolute Gasteiger partial charge is 0.490 e. The Morgan fingerprint density at radius 1 is 1.30 bits per heavy atom. The van der Waals surface area contributed by atoms with E-state index in [4.69, 9.17) is 14.2 Å². The predicted molar refractivity (Wildman–Crippen MR) is 81.6 cm³/mol. The van der Waals surface area contributed by atoms with Crippen molar-refractivity contribution in [1.82, 2.24) is 0 Å². The molecule has 108 valence electrons. The summed E-state index contributed by atoms with van der Waals surface area (Å²) >= 11 is 6.91. The third kappa shape index (κ3) is 2.24.